The van der Waals surface area contributed by atoms with Gasteiger partial charge in [-0.3, -0.25) is 9.59 Å². The van der Waals surface area contributed by atoms with Crippen LogP contribution in [-0.2, 0) is 26.1 Å². The average molecular weight is 498 g/mol. The Balaban J connectivity index is 1.82. The number of methoxy groups -OCH3 is 1. The zero-order chi connectivity index (χ0) is 24.3. The van der Waals surface area contributed by atoms with Crippen molar-refractivity contribution in [3.05, 3.63) is 83.2 Å². The number of nitrogens with zero attached hydrogens (tertiary/aromatic N) is 2. The van der Waals surface area contributed by atoms with Gasteiger partial charge < -0.3 is 14.0 Å². The molecule has 34 heavy (non-hydrogen) atoms. The second-order valence-corrected chi connectivity index (χ2v) is 9.62. The molecule has 0 spiro atoms. The molecule has 0 bridgehead atoms. The van der Waals surface area contributed by atoms with Gasteiger partial charge >= 0.3 is 5.97 Å². The molecule has 0 aliphatic heterocycles. The van der Waals surface area contributed by atoms with Gasteiger partial charge in [0.05, 0.1) is 27.8 Å². The van der Waals surface area contributed by atoms with E-state index in [1.165, 1.54) is 29.9 Å². The number of carbonyl (C=O) groups is 2. The van der Waals surface area contributed by atoms with Gasteiger partial charge in [0.2, 0.25) is 10.0 Å². The second-order valence-electron chi connectivity index (χ2n) is 7.05. The summed E-state index contributed by atoms with van der Waals surface area (Å²) in [7, 11) is -2.69. The fraction of sp³-hybridized carbons (Fsp3) is 0.0870. The quantitative estimate of drug-likeness (QED) is 0.408. The molecule has 1 aromatic heterocycles. The third-order valence-electron chi connectivity index (χ3n) is 4.78. The van der Waals surface area contributed by atoms with Crippen LogP contribution in [0.15, 0.2) is 82.7 Å². The van der Waals surface area contributed by atoms with E-state index in [1.54, 1.807) is 36.4 Å². The Kier molecular flexibility index (Phi) is 6.59. The number of rotatable bonds is 6. The Morgan fingerprint density at radius 3 is 2.44 bits per heavy atom. The second kappa shape index (κ2) is 9.59. The number of fused-ring (bicyclic) bond motifs is 1. The van der Waals surface area contributed by atoms with Gasteiger partial charge in [0, 0.05) is 0 Å². The molecule has 0 atom stereocenters. The van der Waals surface area contributed by atoms with E-state index in [2.05, 4.69) is 4.99 Å². The highest BCUT2D eigenvalue weighted by Crippen LogP contribution is 2.26. The molecule has 0 saturated carbocycles. The van der Waals surface area contributed by atoms with E-state index in [4.69, 9.17) is 14.6 Å². The molecule has 4 aromatic rings. The van der Waals surface area contributed by atoms with Crippen molar-refractivity contribution in [3.8, 4) is 11.5 Å². The summed E-state index contributed by atoms with van der Waals surface area (Å²) in [6.07, 6.45) is 0. The van der Waals surface area contributed by atoms with Crippen LogP contribution >= 0.6 is 11.3 Å². The Labute approximate surface area is 198 Å². The standard InChI is InChI=1S/C23H19N3O6S2/c1-31-21(27)14-26-18-12-11-16(34(24,29)30)13-20(18)33-23(26)25-22(28)17-9-5-6-10-19(17)32-15-7-3-2-4-8-15/h2-13H,14H2,1H3,(H2,24,29,30). The van der Waals surface area contributed by atoms with E-state index in [1.807, 2.05) is 18.2 Å². The lowest BCUT2D eigenvalue weighted by Crippen LogP contribution is -2.22. The van der Waals surface area contributed by atoms with Gasteiger partial charge in [0.1, 0.15) is 18.0 Å². The highest BCUT2D eigenvalue weighted by Gasteiger charge is 2.17. The zero-order valence-electron chi connectivity index (χ0n) is 17.9. The molecule has 0 aliphatic carbocycles. The predicted molar refractivity (Wildman–Crippen MR) is 126 cm³/mol. The lowest BCUT2D eigenvalue weighted by atomic mass is 10.2. The van der Waals surface area contributed by atoms with E-state index >= 15 is 0 Å². The molecule has 0 aliphatic rings. The fourth-order valence-electron chi connectivity index (χ4n) is 3.16. The SMILES string of the molecule is COC(=O)Cn1c(=NC(=O)c2ccccc2Oc2ccccc2)sc2cc(S(N)(=O)=O)ccc21. The highest BCUT2D eigenvalue weighted by molar-refractivity contribution is 7.89. The smallest absolute Gasteiger partial charge is 0.325 e. The normalized spacial score (nSPS) is 12.0. The van der Waals surface area contributed by atoms with Crippen molar-refractivity contribution in [2.45, 2.75) is 11.4 Å². The van der Waals surface area contributed by atoms with E-state index in [9.17, 15) is 18.0 Å². The molecule has 3 aromatic carbocycles. The number of primary sulfonamides is 1. The molecular formula is C23H19N3O6S2. The van der Waals surface area contributed by atoms with Crippen LogP contribution in [0, 0.1) is 0 Å². The van der Waals surface area contributed by atoms with Crippen LogP contribution in [0.2, 0.25) is 0 Å². The first-order valence-electron chi connectivity index (χ1n) is 9.90. The van der Waals surface area contributed by atoms with E-state index < -0.39 is 21.9 Å². The Hall–Kier alpha value is -3.80. The van der Waals surface area contributed by atoms with Gasteiger partial charge in [0.25, 0.3) is 5.91 Å². The Morgan fingerprint density at radius 2 is 1.74 bits per heavy atom. The fourth-order valence-corrected chi connectivity index (χ4v) is 4.84. The molecule has 1 heterocycles. The zero-order valence-corrected chi connectivity index (χ0v) is 19.5. The summed E-state index contributed by atoms with van der Waals surface area (Å²) in [5.41, 5.74) is 0.724. The Morgan fingerprint density at radius 1 is 1.03 bits per heavy atom. The number of sulfonamides is 1. The molecule has 2 N–H and O–H groups in total. The van der Waals surface area contributed by atoms with E-state index in [-0.39, 0.29) is 21.8 Å². The summed E-state index contributed by atoms with van der Waals surface area (Å²) in [6.45, 7) is -0.223. The average Bonchev–Trinajstić information content (AvgIpc) is 3.15. The van der Waals surface area contributed by atoms with E-state index in [0.29, 0.717) is 21.7 Å². The van der Waals surface area contributed by atoms with Crippen molar-refractivity contribution in [1.82, 2.24) is 4.57 Å². The number of amides is 1. The van der Waals surface area contributed by atoms with Crippen LogP contribution in [0.4, 0.5) is 0 Å². The van der Waals surface area contributed by atoms with Crippen LogP contribution < -0.4 is 14.7 Å². The molecule has 0 radical (unpaired) electrons. The Bertz CT molecular complexity index is 1560. The molecular weight excluding hydrogens is 478 g/mol. The number of carbonyl (C=O) groups excluding carboxylic acids is 2. The van der Waals surface area contributed by atoms with Gasteiger partial charge in [0.15, 0.2) is 4.80 Å². The number of para-hydroxylation sites is 2. The number of aromatic nitrogens is 1. The minimum atomic E-state index is -3.94. The van der Waals surface area contributed by atoms with Crippen molar-refractivity contribution >= 4 is 43.5 Å². The number of esters is 1. The molecule has 9 nitrogen and oxygen atoms in total. The minimum absolute atomic E-state index is 0.0917. The number of ether oxygens (including phenoxy) is 2. The van der Waals surface area contributed by atoms with Crippen LogP contribution in [0.5, 0.6) is 11.5 Å². The van der Waals surface area contributed by atoms with Crippen molar-refractivity contribution in [3.63, 3.8) is 0 Å². The third kappa shape index (κ3) is 5.06. The third-order valence-corrected chi connectivity index (χ3v) is 6.74. The number of hydrogen-bond acceptors (Lipinski definition) is 7. The van der Waals surface area contributed by atoms with Crippen molar-refractivity contribution in [1.29, 1.82) is 0 Å². The summed E-state index contributed by atoms with van der Waals surface area (Å²) in [5.74, 6) is -0.277. The van der Waals surface area contributed by atoms with Gasteiger partial charge in [-0.05, 0) is 42.5 Å². The first kappa shape index (κ1) is 23.4. The number of hydrogen-bond donors (Lipinski definition) is 1. The van der Waals surface area contributed by atoms with Crippen molar-refractivity contribution in [2.24, 2.45) is 10.1 Å². The number of nitrogens with two attached hydrogens (primary N) is 1. The summed E-state index contributed by atoms with van der Waals surface area (Å²) >= 11 is 1.05. The summed E-state index contributed by atoms with van der Waals surface area (Å²) in [4.78, 5) is 29.5. The lowest BCUT2D eigenvalue weighted by molar-refractivity contribution is -0.141. The predicted octanol–water partition coefficient (Wildman–Crippen LogP) is 3.06. The maximum atomic E-state index is 13.2. The molecule has 174 valence electrons. The maximum Gasteiger partial charge on any atom is 0.325 e. The van der Waals surface area contributed by atoms with Crippen molar-refractivity contribution < 1.29 is 27.5 Å². The summed E-state index contributed by atoms with van der Waals surface area (Å²) < 4.78 is 36.1. The molecule has 11 heteroatoms. The van der Waals surface area contributed by atoms with Gasteiger partial charge in [-0.2, -0.15) is 4.99 Å². The maximum absolute atomic E-state index is 13.2. The minimum Gasteiger partial charge on any atom is -0.468 e. The monoisotopic (exact) mass is 497 g/mol. The first-order chi connectivity index (χ1) is 16.3. The summed E-state index contributed by atoms with van der Waals surface area (Å²) in [5, 5.41) is 5.24. The first-order valence-corrected chi connectivity index (χ1v) is 12.3. The van der Waals surface area contributed by atoms with Gasteiger partial charge in [-0.1, -0.05) is 41.7 Å². The van der Waals surface area contributed by atoms with Gasteiger partial charge in [-0.15, -0.1) is 0 Å². The van der Waals surface area contributed by atoms with Crippen LogP contribution in [0.3, 0.4) is 0 Å². The van der Waals surface area contributed by atoms with Crippen LogP contribution in [0.1, 0.15) is 10.4 Å². The molecule has 0 saturated heterocycles. The van der Waals surface area contributed by atoms with Gasteiger partial charge in [-0.25, -0.2) is 13.6 Å². The van der Waals surface area contributed by atoms with Crippen LogP contribution in [-0.4, -0.2) is 32.0 Å². The molecule has 0 unspecified atom stereocenters. The number of thiazole rings is 1. The molecule has 1 amide bonds. The van der Waals surface area contributed by atoms with Crippen LogP contribution in [0.25, 0.3) is 10.2 Å². The number of benzene rings is 3. The molecule has 0 fully saturated rings. The van der Waals surface area contributed by atoms with E-state index in [0.717, 1.165) is 11.3 Å². The largest absolute Gasteiger partial charge is 0.468 e. The topological polar surface area (TPSA) is 130 Å². The summed E-state index contributed by atoms with van der Waals surface area (Å²) in [6, 6.07) is 19.9. The lowest BCUT2D eigenvalue weighted by Gasteiger charge is -2.08. The highest BCUT2D eigenvalue weighted by atomic mass is 32.2. The van der Waals surface area contributed by atoms with Crippen molar-refractivity contribution in [2.75, 3.05) is 7.11 Å². The molecule has 4 rings (SSSR count).